The third kappa shape index (κ3) is 2.81. The van der Waals surface area contributed by atoms with Crippen LogP contribution in [0.4, 0.5) is 0 Å². The quantitative estimate of drug-likeness (QED) is 0.530. The smallest absolute Gasteiger partial charge is 0.187 e. The molecule has 1 aromatic rings. The van der Waals surface area contributed by atoms with Gasteiger partial charge in [-0.15, -0.1) is 0 Å². The lowest BCUT2D eigenvalue weighted by Crippen LogP contribution is -1.96. The Labute approximate surface area is 77.8 Å². The third-order valence-electron chi connectivity index (χ3n) is 1.51. The fraction of sp³-hybridized carbons (Fsp3) is 0.556. The Hall–Kier alpha value is -0.570. The van der Waals surface area contributed by atoms with Gasteiger partial charge < -0.3 is 0 Å². The number of hydrogen-bond donors (Lipinski definition) is 0. The largest absolute Gasteiger partial charge is 0.231 e. The van der Waals surface area contributed by atoms with Crippen molar-refractivity contribution in [2.45, 2.75) is 25.4 Å². The van der Waals surface area contributed by atoms with Crippen LogP contribution >= 0.6 is 11.8 Å². The van der Waals surface area contributed by atoms with Crippen LogP contribution in [0.3, 0.4) is 0 Å². The summed E-state index contributed by atoms with van der Waals surface area (Å²) in [5.74, 6) is 0.675. The molecular weight excluding hydrogens is 168 g/mol. The van der Waals surface area contributed by atoms with Gasteiger partial charge in [-0.3, -0.25) is 0 Å². The summed E-state index contributed by atoms with van der Waals surface area (Å²) in [6, 6.07) is 0. The molecule has 0 aliphatic rings. The van der Waals surface area contributed by atoms with E-state index in [2.05, 4.69) is 23.8 Å². The van der Waals surface area contributed by atoms with Crippen molar-refractivity contribution in [2.24, 2.45) is 5.92 Å². The second-order valence-corrected chi connectivity index (χ2v) is 3.95. The average molecular weight is 182 g/mol. The van der Waals surface area contributed by atoms with E-state index in [4.69, 9.17) is 0 Å². The maximum atomic E-state index is 4.20. The molecule has 0 saturated heterocycles. The van der Waals surface area contributed by atoms with Crippen molar-refractivity contribution in [2.75, 3.05) is 6.26 Å². The van der Waals surface area contributed by atoms with E-state index in [1.54, 1.807) is 11.8 Å². The summed E-state index contributed by atoms with van der Waals surface area (Å²) in [5, 5.41) is 0.850. The van der Waals surface area contributed by atoms with Gasteiger partial charge in [0.15, 0.2) is 5.16 Å². The molecule has 0 saturated carbocycles. The molecule has 12 heavy (non-hydrogen) atoms. The molecule has 1 rings (SSSR count). The summed E-state index contributed by atoms with van der Waals surface area (Å²) in [5.41, 5.74) is 1.22. The molecule has 66 valence electrons. The first-order valence-electron chi connectivity index (χ1n) is 4.07. The third-order valence-corrected chi connectivity index (χ3v) is 2.08. The van der Waals surface area contributed by atoms with E-state index in [1.807, 2.05) is 18.6 Å². The number of aromatic nitrogens is 2. The lowest BCUT2D eigenvalue weighted by molar-refractivity contribution is 0.641. The van der Waals surface area contributed by atoms with Crippen LogP contribution < -0.4 is 0 Å². The molecular formula is C9H14N2S. The Morgan fingerprint density at radius 1 is 1.33 bits per heavy atom. The van der Waals surface area contributed by atoms with Crippen LogP contribution in [0.1, 0.15) is 19.4 Å². The molecule has 0 atom stereocenters. The summed E-state index contributed by atoms with van der Waals surface area (Å²) < 4.78 is 0. The molecule has 0 aliphatic carbocycles. The molecule has 0 aliphatic heterocycles. The summed E-state index contributed by atoms with van der Waals surface area (Å²) in [6.07, 6.45) is 6.88. The van der Waals surface area contributed by atoms with Crippen molar-refractivity contribution in [3.8, 4) is 0 Å². The number of hydrogen-bond acceptors (Lipinski definition) is 3. The predicted octanol–water partition coefficient (Wildman–Crippen LogP) is 2.40. The van der Waals surface area contributed by atoms with E-state index in [9.17, 15) is 0 Å². The molecule has 0 spiro atoms. The Balaban J connectivity index is 2.65. The van der Waals surface area contributed by atoms with Crippen LogP contribution in [0.5, 0.6) is 0 Å². The van der Waals surface area contributed by atoms with Gasteiger partial charge in [-0.25, -0.2) is 9.97 Å². The van der Waals surface area contributed by atoms with Gasteiger partial charge in [0.2, 0.25) is 0 Å². The highest BCUT2D eigenvalue weighted by Crippen LogP contribution is 2.09. The molecule has 0 fully saturated rings. The minimum Gasteiger partial charge on any atom is -0.231 e. The highest BCUT2D eigenvalue weighted by Gasteiger charge is 1.98. The van der Waals surface area contributed by atoms with E-state index in [0.717, 1.165) is 11.6 Å². The zero-order valence-corrected chi connectivity index (χ0v) is 8.56. The second-order valence-electron chi connectivity index (χ2n) is 3.18. The predicted molar refractivity (Wildman–Crippen MR) is 52.4 cm³/mol. The van der Waals surface area contributed by atoms with Gasteiger partial charge in [-0.2, -0.15) is 0 Å². The van der Waals surface area contributed by atoms with E-state index in [0.29, 0.717) is 5.92 Å². The molecule has 2 nitrogen and oxygen atoms in total. The SMILES string of the molecule is CSc1ncc(CC(C)C)cn1. The first kappa shape index (κ1) is 9.52. The number of nitrogens with zero attached hydrogens (tertiary/aromatic N) is 2. The molecule has 1 heterocycles. The molecule has 0 unspecified atom stereocenters. The van der Waals surface area contributed by atoms with Gasteiger partial charge in [-0.05, 0) is 24.2 Å². The van der Waals surface area contributed by atoms with Gasteiger partial charge in [0.25, 0.3) is 0 Å². The number of rotatable bonds is 3. The Morgan fingerprint density at radius 2 is 1.92 bits per heavy atom. The van der Waals surface area contributed by atoms with E-state index in [-0.39, 0.29) is 0 Å². The van der Waals surface area contributed by atoms with E-state index in [1.165, 1.54) is 5.56 Å². The molecule has 1 aromatic heterocycles. The van der Waals surface area contributed by atoms with Crippen molar-refractivity contribution >= 4 is 11.8 Å². The van der Waals surface area contributed by atoms with Gasteiger partial charge in [0, 0.05) is 12.4 Å². The lowest BCUT2D eigenvalue weighted by Gasteiger charge is -2.03. The first-order valence-corrected chi connectivity index (χ1v) is 5.29. The van der Waals surface area contributed by atoms with Crippen LogP contribution in [-0.2, 0) is 6.42 Å². The summed E-state index contributed by atoms with van der Waals surface area (Å²) in [6.45, 7) is 4.39. The van der Waals surface area contributed by atoms with Gasteiger partial charge >= 0.3 is 0 Å². The molecule has 0 bridgehead atoms. The van der Waals surface area contributed by atoms with Crippen molar-refractivity contribution in [3.05, 3.63) is 18.0 Å². The molecule has 0 radical (unpaired) electrons. The summed E-state index contributed by atoms with van der Waals surface area (Å²) in [4.78, 5) is 8.40. The van der Waals surface area contributed by atoms with Crippen molar-refractivity contribution in [1.29, 1.82) is 0 Å². The zero-order chi connectivity index (χ0) is 8.97. The summed E-state index contributed by atoms with van der Waals surface area (Å²) >= 11 is 1.57. The van der Waals surface area contributed by atoms with E-state index >= 15 is 0 Å². The monoisotopic (exact) mass is 182 g/mol. The van der Waals surface area contributed by atoms with Crippen LogP contribution in [-0.4, -0.2) is 16.2 Å². The second kappa shape index (κ2) is 4.45. The molecule has 0 amide bonds. The topological polar surface area (TPSA) is 25.8 Å². The lowest BCUT2D eigenvalue weighted by atomic mass is 10.1. The highest BCUT2D eigenvalue weighted by atomic mass is 32.2. The van der Waals surface area contributed by atoms with Crippen LogP contribution in [0.25, 0.3) is 0 Å². The Morgan fingerprint density at radius 3 is 2.33 bits per heavy atom. The maximum absolute atomic E-state index is 4.20. The van der Waals surface area contributed by atoms with Crippen molar-refractivity contribution in [3.63, 3.8) is 0 Å². The van der Waals surface area contributed by atoms with Gasteiger partial charge in [0.1, 0.15) is 0 Å². The first-order chi connectivity index (χ1) is 5.72. The fourth-order valence-corrected chi connectivity index (χ4v) is 1.34. The molecule has 3 heteroatoms. The van der Waals surface area contributed by atoms with Crippen LogP contribution in [0.2, 0.25) is 0 Å². The molecule has 0 aromatic carbocycles. The average Bonchev–Trinajstić information content (AvgIpc) is 2.05. The Kier molecular flexibility index (Phi) is 3.53. The van der Waals surface area contributed by atoms with Crippen molar-refractivity contribution in [1.82, 2.24) is 9.97 Å². The minimum absolute atomic E-state index is 0.675. The fourth-order valence-electron chi connectivity index (χ4n) is 1.03. The summed E-state index contributed by atoms with van der Waals surface area (Å²) in [7, 11) is 0. The maximum Gasteiger partial charge on any atom is 0.187 e. The zero-order valence-electron chi connectivity index (χ0n) is 7.74. The Bertz CT molecular complexity index is 231. The number of thioether (sulfide) groups is 1. The van der Waals surface area contributed by atoms with Crippen LogP contribution in [0, 0.1) is 5.92 Å². The van der Waals surface area contributed by atoms with Gasteiger partial charge in [-0.1, -0.05) is 25.6 Å². The normalized spacial score (nSPS) is 10.7. The highest BCUT2D eigenvalue weighted by molar-refractivity contribution is 7.98. The van der Waals surface area contributed by atoms with Crippen molar-refractivity contribution < 1.29 is 0 Å². The van der Waals surface area contributed by atoms with Crippen LogP contribution in [0.15, 0.2) is 17.6 Å². The van der Waals surface area contributed by atoms with E-state index < -0.39 is 0 Å². The molecule has 0 N–H and O–H groups in total. The minimum atomic E-state index is 0.675. The van der Waals surface area contributed by atoms with Gasteiger partial charge in [0.05, 0.1) is 0 Å². The standard InChI is InChI=1S/C9H14N2S/c1-7(2)4-8-5-10-9(12-3)11-6-8/h5-7H,4H2,1-3H3.